The van der Waals surface area contributed by atoms with Crippen LogP contribution in [0.25, 0.3) is 10.9 Å². The van der Waals surface area contributed by atoms with Crippen molar-refractivity contribution >= 4 is 46.0 Å². The number of rotatable bonds is 9. The SMILES string of the molecule is NC(=O)c1cc(NC2=NCC(F)CN2)c2cnn(C(C(N)=O)[C@@H](CC(=O)O)c3cccc(N4CCOCC4)c3)c2c1. The fourth-order valence-electron chi connectivity index (χ4n) is 5.20. The summed E-state index contributed by atoms with van der Waals surface area (Å²) in [5, 5.41) is 20.6. The van der Waals surface area contributed by atoms with E-state index >= 15 is 0 Å². The molecule has 13 nitrogen and oxygen atoms in total. The Morgan fingerprint density at radius 3 is 2.63 bits per heavy atom. The number of benzene rings is 2. The van der Waals surface area contributed by atoms with E-state index in [1.807, 2.05) is 12.1 Å². The van der Waals surface area contributed by atoms with Gasteiger partial charge in [-0.15, -0.1) is 0 Å². The lowest BCUT2D eigenvalue weighted by atomic mass is 9.87. The van der Waals surface area contributed by atoms with Crippen LogP contribution in [0.15, 0.2) is 47.6 Å². The lowest BCUT2D eigenvalue weighted by Gasteiger charge is -2.30. The van der Waals surface area contributed by atoms with Crippen LogP contribution in [0.2, 0.25) is 0 Å². The zero-order valence-electron chi connectivity index (χ0n) is 22.1. The van der Waals surface area contributed by atoms with Crippen LogP contribution in [0.4, 0.5) is 15.8 Å². The summed E-state index contributed by atoms with van der Waals surface area (Å²) in [4.78, 5) is 43.6. The number of aromatic nitrogens is 2. The fraction of sp³-hybridized carbons (Fsp3) is 0.370. The zero-order chi connectivity index (χ0) is 29.1. The van der Waals surface area contributed by atoms with Gasteiger partial charge in [0.1, 0.15) is 12.2 Å². The van der Waals surface area contributed by atoms with Crippen LogP contribution < -0.4 is 27.0 Å². The van der Waals surface area contributed by atoms with Gasteiger partial charge in [0, 0.05) is 35.6 Å². The first kappa shape index (κ1) is 27.8. The van der Waals surface area contributed by atoms with Crippen LogP contribution in [-0.4, -0.2) is 84.2 Å². The molecule has 0 bridgehead atoms. The monoisotopic (exact) mass is 566 g/mol. The molecular formula is C27H31FN8O5. The van der Waals surface area contributed by atoms with Gasteiger partial charge in [-0.3, -0.25) is 19.1 Å². The molecule has 3 atom stereocenters. The summed E-state index contributed by atoms with van der Waals surface area (Å²) in [5.74, 6) is -3.26. The van der Waals surface area contributed by atoms with Crippen molar-refractivity contribution in [2.75, 3.05) is 49.6 Å². The van der Waals surface area contributed by atoms with Crippen molar-refractivity contribution in [1.82, 2.24) is 15.1 Å². The molecule has 2 aromatic carbocycles. The predicted molar refractivity (Wildman–Crippen MR) is 150 cm³/mol. The van der Waals surface area contributed by atoms with Crippen LogP contribution >= 0.6 is 0 Å². The fourth-order valence-corrected chi connectivity index (χ4v) is 5.20. The van der Waals surface area contributed by atoms with E-state index in [4.69, 9.17) is 16.2 Å². The van der Waals surface area contributed by atoms with Crippen LogP contribution in [0.5, 0.6) is 0 Å². The molecule has 0 aliphatic carbocycles. The molecule has 0 saturated carbocycles. The summed E-state index contributed by atoms with van der Waals surface area (Å²) < 4.78 is 20.3. The third-order valence-corrected chi connectivity index (χ3v) is 7.20. The van der Waals surface area contributed by atoms with Crippen molar-refractivity contribution in [3.05, 3.63) is 53.7 Å². The average Bonchev–Trinajstić information content (AvgIpc) is 3.38. The second-order valence-corrected chi connectivity index (χ2v) is 9.95. The summed E-state index contributed by atoms with van der Waals surface area (Å²) in [7, 11) is 0. The van der Waals surface area contributed by atoms with E-state index in [0.717, 1.165) is 5.69 Å². The Kier molecular flexibility index (Phi) is 8.01. The number of carboxylic acids is 1. The third kappa shape index (κ3) is 6.06. The third-order valence-electron chi connectivity index (χ3n) is 7.20. The van der Waals surface area contributed by atoms with Gasteiger partial charge in [0.2, 0.25) is 11.8 Å². The number of aliphatic imine (C=N–C) groups is 1. The highest BCUT2D eigenvalue weighted by atomic mass is 19.1. The molecule has 0 spiro atoms. The number of morpholine rings is 1. The summed E-state index contributed by atoms with van der Waals surface area (Å²) in [6.07, 6.45) is -0.0564. The van der Waals surface area contributed by atoms with Crippen LogP contribution in [0.3, 0.4) is 0 Å². The van der Waals surface area contributed by atoms with Gasteiger partial charge in [0.15, 0.2) is 5.96 Å². The first-order valence-electron chi connectivity index (χ1n) is 13.2. The van der Waals surface area contributed by atoms with E-state index in [9.17, 15) is 23.9 Å². The van der Waals surface area contributed by atoms with Crippen molar-refractivity contribution in [2.45, 2.75) is 24.6 Å². The Morgan fingerprint density at radius 1 is 1.20 bits per heavy atom. The number of halogens is 1. The lowest BCUT2D eigenvalue weighted by molar-refractivity contribution is -0.138. The number of hydrogen-bond acceptors (Lipinski definition) is 9. The molecule has 216 valence electrons. The van der Waals surface area contributed by atoms with Gasteiger partial charge in [-0.2, -0.15) is 5.10 Å². The minimum Gasteiger partial charge on any atom is -0.481 e. The second kappa shape index (κ2) is 11.8. The van der Waals surface area contributed by atoms with Crippen molar-refractivity contribution in [1.29, 1.82) is 0 Å². The standard InChI is InChI=1S/C27H31FN8O5/c28-17-12-31-27(32-13-17)34-21-9-16(25(29)39)10-22-20(21)14-33-36(22)24(26(30)40)19(11-23(37)38)15-2-1-3-18(8-15)35-4-6-41-7-5-35/h1-3,8-10,14,17,19,24H,4-7,11-13H2,(H2,29,39)(H2,30,40)(H,37,38)(H2,31,32,34)/t19-,24?/m0/s1. The van der Waals surface area contributed by atoms with E-state index in [-0.39, 0.29) is 18.7 Å². The van der Waals surface area contributed by atoms with Gasteiger partial charge in [-0.1, -0.05) is 12.1 Å². The smallest absolute Gasteiger partial charge is 0.304 e. The van der Waals surface area contributed by atoms with Gasteiger partial charge in [-0.25, -0.2) is 9.38 Å². The van der Waals surface area contributed by atoms with Gasteiger partial charge in [0.05, 0.1) is 50.1 Å². The number of hydrogen-bond donors (Lipinski definition) is 5. The summed E-state index contributed by atoms with van der Waals surface area (Å²) in [6.45, 7) is 2.52. The van der Waals surface area contributed by atoms with Gasteiger partial charge in [-0.05, 0) is 29.8 Å². The van der Waals surface area contributed by atoms with Crippen molar-refractivity contribution < 1.29 is 28.6 Å². The van der Waals surface area contributed by atoms with Crippen LogP contribution in [0, 0.1) is 0 Å². The predicted octanol–water partition coefficient (Wildman–Crippen LogP) is 0.966. The Morgan fingerprint density at radius 2 is 1.98 bits per heavy atom. The number of amides is 2. The van der Waals surface area contributed by atoms with Crippen molar-refractivity contribution in [2.24, 2.45) is 16.5 Å². The molecule has 5 rings (SSSR count). The number of carbonyl (C=O) groups is 3. The number of carboxylic acid groups (broad SMARTS) is 1. The minimum atomic E-state index is -1.23. The van der Waals surface area contributed by atoms with Crippen LogP contribution in [-0.2, 0) is 14.3 Å². The molecular weight excluding hydrogens is 535 g/mol. The highest BCUT2D eigenvalue weighted by Crippen LogP contribution is 2.37. The highest BCUT2D eigenvalue weighted by Gasteiger charge is 2.34. The quantitative estimate of drug-likeness (QED) is 0.251. The maximum Gasteiger partial charge on any atom is 0.304 e. The summed E-state index contributed by atoms with van der Waals surface area (Å²) in [5.41, 5.74) is 13.8. The Bertz CT molecular complexity index is 1500. The maximum atomic E-state index is 13.6. The van der Waals surface area contributed by atoms with Gasteiger partial charge in [0.25, 0.3) is 0 Å². The zero-order valence-corrected chi connectivity index (χ0v) is 22.1. The molecule has 1 aromatic heterocycles. The number of ether oxygens (including phenoxy) is 1. The Hall–Kier alpha value is -4.72. The summed E-state index contributed by atoms with van der Waals surface area (Å²) >= 11 is 0. The molecule has 0 radical (unpaired) electrons. The van der Waals surface area contributed by atoms with Gasteiger partial charge < -0.3 is 36.8 Å². The lowest BCUT2D eigenvalue weighted by Crippen LogP contribution is -2.41. The highest BCUT2D eigenvalue weighted by molar-refractivity contribution is 6.07. The molecule has 2 aliphatic heterocycles. The molecule has 2 unspecified atom stereocenters. The van der Waals surface area contributed by atoms with Crippen molar-refractivity contribution in [3.63, 3.8) is 0 Å². The normalized spacial score (nSPS) is 18.7. The summed E-state index contributed by atoms with van der Waals surface area (Å²) in [6, 6.07) is 9.08. The van der Waals surface area contributed by atoms with E-state index < -0.39 is 42.3 Å². The largest absolute Gasteiger partial charge is 0.481 e. The molecule has 14 heteroatoms. The first-order chi connectivity index (χ1) is 19.7. The number of primary amides is 2. The molecule has 1 saturated heterocycles. The topological polar surface area (TPSA) is 190 Å². The molecule has 2 aliphatic rings. The van der Waals surface area contributed by atoms with E-state index in [2.05, 4.69) is 25.6 Å². The van der Waals surface area contributed by atoms with Gasteiger partial charge >= 0.3 is 5.97 Å². The minimum absolute atomic E-state index is 0.0304. The van der Waals surface area contributed by atoms with Crippen molar-refractivity contribution in [3.8, 4) is 0 Å². The number of nitrogens with zero attached hydrogens (tertiary/aromatic N) is 4. The molecule has 3 aromatic rings. The maximum absolute atomic E-state index is 13.6. The number of nitrogens with one attached hydrogen (secondary N) is 2. The number of carbonyl (C=O) groups excluding carboxylic acids is 2. The van der Waals surface area contributed by atoms with E-state index in [1.54, 1.807) is 12.1 Å². The first-order valence-corrected chi connectivity index (χ1v) is 13.2. The number of fused-ring (bicyclic) bond motifs is 1. The number of guanidine groups is 1. The van der Waals surface area contributed by atoms with E-state index in [0.29, 0.717) is 54.4 Å². The Balaban J connectivity index is 1.59. The molecule has 41 heavy (non-hydrogen) atoms. The number of aliphatic carboxylic acids is 1. The number of anilines is 2. The number of nitrogens with two attached hydrogens (primary N) is 2. The number of alkyl halides is 1. The molecule has 2 amide bonds. The molecule has 1 fully saturated rings. The average molecular weight is 567 g/mol. The Labute approximate surface area is 234 Å². The van der Waals surface area contributed by atoms with E-state index in [1.165, 1.54) is 23.0 Å². The molecule has 3 heterocycles. The molecule has 7 N–H and O–H groups in total. The second-order valence-electron chi connectivity index (χ2n) is 9.95. The van der Waals surface area contributed by atoms with Crippen LogP contribution in [0.1, 0.15) is 34.3 Å².